The summed E-state index contributed by atoms with van der Waals surface area (Å²) in [5.41, 5.74) is 7.36. The Morgan fingerprint density at radius 2 is 2.19 bits per heavy atom. The summed E-state index contributed by atoms with van der Waals surface area (Å²) in [7, 11) is 3.70. The lowest BCUT2D eigenvalue weighted by atomic mass is 10.1. The van der Waals surface area contributed by atoms with Gasteiger partial charge in [0.15, 0.2) is 5.84 Å². The molecule has 1 saturated heterocycles. The van der Waals surface area contributed by atoms with Crippen LogP contribution in [0.1, 0.15) is 24.0 Å². The molecule has 0 unspecified atom stereocenters. The lowest BCUT2D eigenvalue weighted by Crippen LogP contribution is -2.36. The molecule has 1 aliphatic heterocycles. The molecule has 21 heavy (non-hydrogen) atoms. The Kier molecular flexibility index (Phi) is 5.41. The fourth-order valence-corrected chi connectivity index (χ4v) is 2.64. The minimum Gasteiger partial charge on any atom is -0.496 e. The molecule has 0 radical (unpaired) electrons. The molecule has 1 aromatic carbocycles. The highest BCUT2D eigenvalue weighted by Crippen LogP contribution is 2.22. The maximum atomic E-state index is 8.78. The Bertz CT molecular complexity index is 499. The zero-order chi connectivity index (χ0) is 15.2. The summed E-state index contributed by atoms with van der Waals surface area (Å²) in [6.07, 6.45) is 2.13. The summed E-state index contributed by atoms with van der Waals surface area (Å²) in [6, 6.07) is 6.28. The highest BCUT2D eigenvalue weighted by atomic mass is 16.5. The maximum absolute atomic E-state index is 8.78. The molecule has 0 atom stereocenters. The second-order valence-corrected chi connectivity index (χ2v) is 5.28. The first-order valence-electron chi connectivity index (χ1n) is 7.08. The molecule has 6 nitrogen and oxygen atoms in total. The van der Waals surface area contributed by atoms with E-state index in [0.29, 0.717) is 17.4 Å². The van der Waals surface area contributed by atoms with E-state index in [1.165, 1.54) is 0 Å². The highest BCUT2D eigenvalue weighted by Gasteiger charge is 2.19. The molecule has 2 rings (SSSR count). The summed E-state index contributed by atoms with van der Waals surface area (Å²) in [6.45, 7) is 2.50. The zero-order valence-corrected chi connectivity index (χ0v) is 12.6. The minimum atomic E-state index is 0.0520. The van der Waals surface area contributed by atoms with Crippen LogP contribution >= 0.6 is 0 Å². The van der Waals surface area contributed by atoms with Crippen molar-refractivity contribution in [2.45, 2.75) is 25.4 Å². The van der Waals surface area contributed by atoms with E-state index < -0.39 is 0 Å². The van der Waals surface area contributed by atoms with E-state index in [4.69, 9.17) is 20.4 Å². The van der Waals surface area contributed by atoms with Crippen molar-refractivity contribution in [2.75, 3.05) is 27.4 Å². The molecule has 116 valence electrons. The van der Waals surface area contributed by atoms with Gasteiger partial charge in [-0.3, -0.25) is 4.90 Å². The van der Waals surface area contributed by atoms with Crippen molar-refractivity contribution in [1.29, 1.82) is 0 Å². The number of hydrogen-bond donors (Lipinski definition) is 2. The fourth-order valence-electron chi connectivity index (χ4n) is 2.64. The molecule has 1 fully saturated rings. The van der Waals surface area contributed by atoms with Crippen molar-refractivity contribution >= 4 is 5.84 Å². The third-order valence-electron chi connectivity index (χ3n) is 3.90. The van der Waals surface area contributed by atoms with Crippen molar-refractivity contribution in [2.24, 2.45) is 10.9 Å². The quantitative estimate of drug-likeness (QED) is 0.371. The molecule has 0 aliphatic carbocycles. The fraction of sp³-hybridized carbons (Fsp3) is 0.533. The van der Waals surface area contributed by atoms with Crippen LogP contribution < -0.4 is 10.5 Å². The third-order valence-corrected chi connectivity index (χ3v) is 3.90. The van der Waals surface area contributed by atoms with E-state index in [-0.39, 0.29) is 5.84 Å². The van der Waals surface area contributed by atoms with Gasteiger partial charge in [0.2, 0.25) is 0 Å². The van der Waals surface area contributed by atoms with Crippen LogP contribution in [0.2, 0.25) is 0 Å². The first-order valence-corrected chi connectivity index (χ1v) is 7.08. The molecule has 1 heterocycles. The number of rotatable bonds is 5. The Labute approximate surface area is 125 Å². The number of nitrogens with two attached hydrogens (primary N) is 1. The van der Waals surface area contributed by atoms with Crippen LogP contribution in [0, 0.1) is 0 Å². The predicted octanol–water partition coefficient (Wildman–Crippen LogP) is 1.40. The van der Waals surface area contributed by atoms with Crippen LogP contribution in [-0.2, 0) is 11.3 Å². The zero-order valence-electron chi connectivity index (χ0n) is 12.6. The topological polar surface area (TPSA) is 80.3 Å². The van der Waals surface area contributed by atoms with Gasteiger partial charge in [-0.25, -0.2) is 0 Å². The lowest BCUT2D eigenvalue weighted by Gasteiger charge is -2.31. The minimum absolute atomic E-state index is 0.0520. The SMILES string of the molecule is COc1cc(CN(C)C2CCOCC2)ccc1/C(N)=N/O. The van der Waals surface area contributed by atoms with Crippen LogP contribution in [0.3, 0.4) is 0 Å². The monoisotopic (exact) mass is 293 g/mol. The van der Waals surface area contributed by atoms with Gasteiger partial charge in [0, 0.05) is 25.8 Å². The van der Waals surface area contributed by atoms with E-state index >= 15 is 0 Å². The number of nitrogens with zero attached hydrogens (tertiary/aromatic N) is 2. The summed E-state index contributed by atoms with van der Waals surface area (Å²) in [5, 5.41) is 11.8. The van der Waals surface area contributed by atoms with Crippen LogP contribution in [-0.4, -0.2) is 49.4 Å². The molecule has 0 bridgehead atoms. The Morgan fingerprint density at radius 3 is 2.81 bits per heavy atom. The van der Waals surface area contributed by atoms with Crippen molar-refractivity contribution in [3.63, 3.8) is 0 Å². The van der Waals surface area contributed by atoms with Crippen LogP contribution in [0.4, 0.5) is 0 Å². The van der Waals surface area contributed by atoms with Gasteiger partial charge < -0.3 is 20.4 Å². The number of benzene rings is 1. The van der Waals surface area contributed by atoms with Gasteiger partial charge >= 0.3 is 0 Å². The van der Waals surface area contributed by atoms with Gasteiger partial charge in [-0.2, -0.15) is 0 Å². The molecule has 6 heteroatoms. The number of amidine groups is 1. The maximum Gasteiger partial charge on any atom is 0.173 e. The van der Waals surface area contributed by atoms with Gasteiger partial charge in [-0.1, -0.05) is 11.2 Å². The smallest absolute Gasteiger partial charge is 0.173 e. The van der Waals surface area contributed by atoms with Gasteiger partial charge in [-0.15, -0.1) is 0 Å². The van der Waals surface area contributed by atoms with Crippen LogP contribution in [0.25, 0.3) is 0 Å². The van der Waals surface area contributed by atoms with Crippen LogP contribution in [0.5, 0.6) is 5.75 Å². The van der Waals surface area contributed by atoms with Crippen molar-refractivity contribution in [3.05, 3.63) is 29.3 Å². The Balaban J connectivity index is 2.09. The summed E-state index contributed by atoms with van der Waals surface area (Å²) < 4.78 is 10.7. The second kappa shape index (κ2) is 7.28. The van der Waals surface area contributed by atoms with Crippen molar-refractivity contribution in [3.8, 4) is 5.75 Å². The van der Waals surface area contributed by atoms with E-state index in [1.54, 1.807) is 7.11 Å². The molecule has 1 aromatic rings. The van der Waals surface area contributed by atoms with Crippen molar-refractivity contribution < 1.29 is 14.7 Å². The molecule has 0 aromatic heterocycles. The number of hydrogen-bond acceptors (Lipinski definition) is 5. The van der Waals surface area contributed by atoms with E-state index in [1.807, 2.05) is 18.2 Å². The molecule has 0 amide bonds. The van der Waals surface area contributed by atoms with E-state index in [9.17, 15) is 0 Å². The summed E-state index contributed by atoms with van der Waals surface area (Å²) >= 11 is 0. The molecule has 0 spiro atoms. The number of methoxy groups -OCH3 is 1. The largest absolute Gasteiger partial charge is 0.496 e. The molecule has 0 saturated carbocycles. The van der Waals surface area contributed by atoms with E-state index in [0.717, 1.165) is 38.2 Å². The number of oxime groups is 1. The average molecular weight is 293 g/mol. The van der Waals surface area contributed by atoms with Gasteiger partial charge in [-0.05, 0) is 37.6 Å². The first kappa shape index (κ1) is 15.6. The Hall–Kier alpha value is -1.79. The number of ether oxygens (including phenoxy) is 2. The van der Waals surface area contributed by atoms with Crippen LogP contribution in [0.15, 0.2) is 23.4 Å². The summed E-state index contributed by atoms with van der Waals surface area (Å²) in [4.78, 5) is 2.33. The summed E-state index contributed by atoms with van der Waals surface area (Å²) in [5.74, 6) is 0.666. The standard InChI is InChI=1S/C15H23N3O3/c1-18(12-5-7-21-8-6-12)10-11-3-4-13(15(16)17-19)14(9-11)20-2/h3-4,9,12,19H,5-8,10H2,1-2H3,(H2,16,17). The normalized spacial score (nSPS) is 17.2. The third kappa shape index (κ3) is 3.86. The first-order chi connectivity index (χ1) is 10.2. The Morgan fingerprint density at radius 1 is 1.48 bits per heavy atom. The molecule has 1 aliphatic rings. The van der Waals surface area contributed by atoms with Gasteiger partial charge in [0.1, 0.15) is 5.75 Å². The second-order valence-electron chi connectivity index (χ2n) is 5.28. The van der Waals surface area contributed by atoms with Crippen molar-refractivity contribution in [1.82, 2.24) is 4.90 Å². The molecular weight excluding hydrogens is 270 g/mol. The average Bonchev–Trinajstić information content (AvgIpc) is 2.54. The lowest BCUT2D eigenvalue weighted by molar-refractivity contribution is 0.0407. The van der Waals surface area contributed by atoms with Gasteiger partial charge in [0.05, 0.1) is 12.7 Å². The molecular formula is C15H23N3O3. The van der Waals surface area contributed by atoms with E-state index in [2.05, 4.69) is 17.1 Å². The predicted molar refractivity (Wildman–Crippen MR) is 80.8 cm³/mol. The molecule has 3 N–H and O–H groups in total. The van der Waals surface area contributed by atoms with Gasteiger partial charge in [0.25, 0.3) is 0 Å². The highest BCUT2D eigenvalue weighted by molar-refractivity contribution is 5.99.